The molecule has 1 aliphatic heterocycles. The van der Waals surface area contributed by atoms with Crippen LogP contribution in [0.25, 0.3) is 0 Å². The van der Waals surface area contributed by atoms with E-state index in [0.717, 1.165) is 36.5 Å². The smallest absolute Gasteiger partial charge is 0.224 e. The first-order valence-corrected chi connectivity index (χ1v) is 6.62. The normalized spacial score (nSPS) is 15.7. The summed E-state index contributed by atoms with van der Waals surface area (Å²) in [7, 11) is 1.79. The molecular formula is C11H16BrN5O. The Bertz CT molecular complexity index is 445. The standard InChI is InChI=1S/C11H16BrN5O/c1-8(18)16-3-5-17(6-4-16)10-9(12)7-14-11(13-2)15-10/h7H,3-6H2,1-2H3,(H,13,14,15). The van der Waals surface area contributed by atoms with Gasteiger partial charge in [-0.25, -0.2) is 4.98 Å². The second-order valence-corrected chi connectivity index (χ2v) is 4.96. The molecule has 1 fully saturated rings. The van der Waals surface area contributed by atoms with Crippen LogP contribution in [-0.2, 0) is 4.79 Å². The van der Waals surface area contributed by atoms with Crippen LogP contribution in [0.3, 0.4) is 0 Å². The Kier molecular flexibility index (Phi) is 4.00. The van der Waals surface area contributed by atoms with Crippen LogP contribution < -0.4 is 10.2 Å². The molecule has 98 valence electrons. The summed E-state index contributed by atoms with van der Waals surface area (Å²) in [5, 5.41) is 2.93. The fourth-order valence-corrected chi connectivity index (χ4v) is 2.38. The Labute approximate surface area is 115 Å². The fraction of sp³-hybridized carbons (Fsp3) is 0.545. The molecular weight excluding hydrogens is 298 g/mol. The summed E-state index contributed by atoms with van der Waals surface area (Å²) >= 11 is 3.46. The lowest BCUT2D eigenvalue weighted by Crippen LogP contribution is -2.48. The van der Waals surface area contributed by atoms with Gasteiger partial charge in [0, 0.05) is 46.3 Å². The van der Waals surface area contributed by atoms with Gasteiger partial charge in [0.1, 0.15) is 5.82 Å². The van der Waals surface area contributed by atoms with Gasteiger partial charge in [0.05, 0.1) is 4.47 Å². The Hall–Kier alpha value is -1.37. The first kappa shape index (κ1) is 13.1. The van der Waals surface area contributed by atoms with Gasteiger partial charge in [-0.05, 0) is 15.9 Å². The van der Waals surface area contributed by atoms with Gasteiger partial charge in [0.2, 0.25) is 11.9 Å². The molecule has 1 aromatic heterocycles. The first-order valence-electron chi connectivity index (χ1n) is 5.82. The molecule has 18 heavy (non-hydrogen) atoms. The molecule has 0 saturated carbocycles. The summed E-state index contributed by atoms with van der Waals surface area (Å²) in [5.41, 5.74) is 0. The number of hydrogen-bond acceptors (Lipinski definition) is 5. The zero-order valence-corrected chi connectivity index (χ0v) is 12.1. The van der Waals surface area contributed by atoms with E-state index in [1.54, 1.807) is 20.2 Å². The zero-order chi connectivity index (χ0) is 13.1. The minimum atomic E-state index is 0.132. The lowest BCUT2D eigenvalue weighted by molar-refractivity contribution is -0.129. The molecule has 1 N–H and O–H groups in total. The number of piperazine rings is 1. The van der Waals surface area contributed by atoms with Crippen LogP contribution in [0.15, 0.2) is 10.7 Å². The van der Waals surface area contributed by atoms with Crippen LogP contribution in [0, 0.1) is 0 Å². The number of carbonyl (C=O) groups is 1. The van der Waals surface area contributed by atoms with Crippen molar-refractivity contribution in [3.63, 3.8) is 0 Å². The first-order chi connectivity index (χ1) is 8.61. The van der Waals surface area contributed by atoms with Crippen LogP contribution >= 0.6 is 15.9 Å². The van der Waals surface area contributed by atoms with E-state index in [2.05, 4.69) is 36.1 Å². The molecule has 1 aliphatic rings. The summed E-state index contributed by atoms with van der Waals surface area (Å²) < 4.78 is 0.873. The maximum atomic E-state index is 11.3. The fourth-order valence-electron chi connectivity index (χ4n) is 1.93. The number of anilines is 2. The van der Waals surface area contributed by atoms with E-state index in [4.69, 9.17) is 0 Å². The van der Waals surface area contributed by atoms with Crippen LogP contribution in [0.2, 0.25) is 0 Å². The van der Waals surface area contributed by atoms with E-state index in [-0.39, 0.29) is 5.91 Å². The minimum absolute atomic E-state index is 0.132. The number of carbonyl (C=O) groups excluding carboxylic acids is 1. The number of hydrogen-bond donors (Lipinski definition) is 1. The lowest BCUT2D eigenvalue weighted by atomic mass is 10.3. The van der Waals surface area contributed by atoms with Gasteiger partial charge in [-0.1, -0.05) is 0 Å². The van der Waals surface area contributed by atoms with E-state index in [9.17, 15) is 4.79 Å². The van der Waals surface area contributed by atoms with Crippen molar-refractivity contribution >= 4 is 33.6 Å². The summed E-state index contributed by atoms with van der Waals surface area (Å²) in [6, 6.07) is 0. The van der Waals surface area contributed by atoms with Crippen molar-refractivity contribution in [2.75, 3.05) is 43.4 Å². The third kappa shape index (κ3) is 2.72. The maximum Gasteiger partial charge on any atom is 0.224 e. The molecule has 1 saturated heterocycles. The monoisotopic (exact) mass is 313 g/mol. The quantitative estimate of drug-likeness (QED) is 0.881. The highest BCUT2D eigenvalue weighted by Gasteiger charge is 2.21. The second-order valence-electron chi connectivity index (χ2n) is 4.11. The van der Waals surface area contributed by atoms with E-state index in [1.165, 1.54) is 0 Å². The molecule has 0 radical (unpaired) electrons. The van der Waals surface area contributed by atoms with Gasteiger partial charge in [0.25, 0.3) is 0 Å². The van der Waals surface area contributed by atoms with Crippen LogP contribution in [0.1, 0.15) is 6.92 Å². The third-order valence-corrected chi connectivity index (χ3v) is 3.53. The lowest BCUT2D eigenvalue weighted by Gasteiger charge is -2.35. The minimum Gasteiger partial charge on any atom is -0.357 e. The molecule has 6 nitrogen and oxygen atoms in total. The van der Waals surface area contributed by atoms with Gasteiger partial charge in [0.15, 0.2) is 0 Å². The number of amides is 1. The van der Waals surface area contributed by atoms with Gasteiger partial charge in [-0.3, -0.25) is 4.79 Å². The summed E-state index contributed by atoms with van der Waals surface area (Å²) in [6.07, 6.45) is 1.74. The Morgan fingerprint density at radius 3 is 2.61 bits per heavy atom. The molecule has 1 amide bonds. The molecule has 0 aromatic carbocycles. The third-order valence-electron chi connectivity index (χ3n) is 2.97. The molecule has 0 spiro atoms. The van der Waals surface area contributed by atoms with E-state index in [0.29, 0.717) is 5.95 Å². The zero-order valence-electron chi connectivity index (χ0n) is 10.5. The molecule has 0 atom stereocenters. The molecule has 1 aromatic rings. The number of halogens is 1. The van der Waals surface area contributed by atoms with E-state index in [1.807, 2.05) is 4.90 Å². The molecule has 0 unspecified atom stereocenters. The highest BCUT2D eigenvalue weighted by molar-refractivity contribution is 9.10. The molecule has 7 heteroatoms. The predicted molar refractivity (Wildman–Crippen MR) is 73.7 cm³/mol. The van der Waals surface area contributed by atoms with E-state index < -0.39 is 0 Å². The van der Waals surface area contributed by atoms with Crippen molar-refractivity contribution in [3.05, 3.63) is 10.7 Å². The molecule has 0 aliphatic carbocycles. The number of nitrogens with zero attached hydrogens (tertiary/aromatic N) is 4. The number of nitrogens with one attached hydrogen (secondary N) is 1. The highest BCUT2D eigenvalue weighted by Crippen LogP contribution is 2.25. The Morgan fingerprint density at radius 1 is 1.39 bits per heavy atom. The molecule has 0 bridgehead atoms. The van der Waals surface area contributed by atoms with Crippen molar-refractivity contribution in [2.45, 2.75) is 6.92 Å². The number of rotatable bonds is 2. The van der Waals surface area contributed by atoms with E-state index >= 15 is 0 Å². The Balaban J connectivity index is 2.11. The van der Waals surface area contributed by atoms with Crippen molar-refractivity contribution in [1.82, 2.24) is 14.9 Å². The molecule has 2 rings (SSSR count). The summed E-state index contributed by atoms with van der Waals surface area (Å²) in [4.78, 5) is 23.9. The van der Waals surface area contributed by atoms with Gasteiger partial charge in [-0.15, -0.1) is 0 Å². The van der Waals surface area contributed by atoms with Crippen LogP contribution in [0.5, 0.6) is 0 Å². The topological polar surface area (TPSA) is 61.4 Å². The van der Waals surface area contributed by atoms with Crippen molar-refractivity contribution in [2.24, 2.45) is 0 Å². The van der Waals surface area contributed by atoms with Crippen molar-refractivity contribution in [3.8, 4) is 0 Å². The van der Waals surface area contributed by atoms with Crippen LogP contribution in [-0.4, -0.2) is 54.0 Å². The predicted octanol–water partition coefficient (Wildman–Crippen LogP) is 0.949. The van der Waals surface area contributed by atoms with Crippen LogP contribution in [0.4, 0.5) is 11.8 Å². The SMILES string of the molecule is CNc1ncc(Br)c(N2CCN(C(C)=O)CC2)n1. The summed E-state index contributed by atoms with van der Waals surface area (Å²) in [5.74, 6) is 1.60. The van der Waals surface area contributed by atoms with Crippen molar-refractivity contribution in [1.29, 1.82) is 0 Å². The largest absolute Gasteiger partial charge is 0.357 e. The average Bonchev–Trinajstić information content (AvgIpc) is 2.39. The molecule has 2 heterocycles. The number of aromatic nitrogens is 2. The van der Waals surface area contributed by atoms with Gasteiger partial charge in [-0.2, -0.15) is 4.98 Å². The average molecular weight is 314 g/mol. The maximum absolute atomic E-state index is 11.3. The summed E-state index contributed by atoms with van der Waals surface area (Å²) in [6.45, 7) is 4.66. The Morgan fingerprint density at radius 2 is 2.06 bits per heavy atom. The second kappa shape index (κ2) is 5.51. The van der Waals surface area contributed by atoms with Crippen molar-refractivity contribution < 1.29 is 4.79 Å². The van der Waals surface area contributed by atoms with Gasteiger partial charge >= 0.3 is 0 Å². The highest BCUT2D eigenvalue weighted by atomic mass is 79.9. The van der Waals surface area contributed by atoms with Gasteiger partial charge < -0.3 is 15.1 Å².